The molecule has 8 nitrogen and oxygen atoms in total. The van der Waals surface area contributed by atoms with E-state index < -0.39 is 0 Å². The number of nitrogen functional groups attached to an aromatic ring is 1. The number of fused-ring (bicyclic) bond motifs is 1. The SMILES string of the molecule is CCCCOc1c(OC)cc(Cn2cnc3c(Cl)nc(N)nc32)c(Br)c1OC. The molecule has 3 aromatic rings. The number of nitrogens with zero attached hydrogens (tertiary/aromatic N) is 4. The Hall–Kier alpha value is -2.26. The molecule has 0 amide bonds. The fraction of sp³-hybridized carbons (Fsp3) is 0.389. The standard InChI is InChI=1S/C18H21BrClN5O3/c1-4-5-6-28-14-11(26-2)7-10(12(19)15(14)27-3)8-25-9-22-13-16(20)23-18(21)24-17(13)25/h7,9H,4-6,8H2,1-3H3,(H2,21,23,24). The van der Waals surface area contributed by atoms with Crippen LogP contribution in [0.15, 0.2) is 16.9 Å². The van der Waals surface area contributed by atoms with Crippen LogP contribution in [0.2, 0.25) is 5.15 Å². The number of anilines is 1. The van der Waals surface area contributed by atoms with E-state index in [1.54, 1.807) is 20.5 Å². The van der Waals surface area contributed by atoms with Crippen molar-refractivity contribution in [3.8, 4) is 17.2 Å². The third kappa shape index (κ3) is 3.95. The monoisotopic (exact) mass is 469 g/mol. The van der Waals surface area contributed by atoms with Crippen LogP contribution in [-0.4, -0.2) is 40.3 Å². The predicted molar refractivity (Wildman–Crippen MR) is 111 cm³/mol. The molecular weight excluding hydrogens is 450 g/mol. The zero-order valence-corrected chi connectivity index (χ0v) is 18.2. The Kier molecular flexibility index (Phi) is 6.46. The molecule has 10 heteroatoms. The van der Waals surface area contributed by atoms with E-state index in [4.69, 9.17) is 31.5 Å². The summed E-state index contributed by atoms with van der Waals surface area (Å²) in [6.45, 7) is 3.12. The van der Waals surface area contributed by atoms with E-state index >= 15 is 0 Å². The van der Waals surface area contributed by atoms with E-state index in [2.05, 4.69) is 37.8 Å². The summed E-state index contributed by atoms with van der Waals surface area (Å²) in [5, 5.41) is 0.218. The van der Waals surface area contributed by atoms with Gasteiger partial charge in [-0.15, -0.1) is 0 Å². The number of methoxy groups -OCH3 is 2. The molecule has 0 fully saturated rings. The largest absolute Gasteiger partial charge is 0.493 e. The number of hydrogen-bond acceptors (Lipinski definition) is 7. The average Bonchev–Trinajstić information content (AvgIpc) is 3.07. The van der Waals surface area contributed by atoms with Crippen molar-refractivity contribution in [3.05, 3.63) is 27.6 Å². The molecule has 0 atom stereocenters. The first-order chi connectivity index (χ1) is 13.5. The Morgan fingerprint density at radius 3 is 2.68 bits per heavy atom. The Labute approximate surface area is 176 Å². The second-order valence-electron chi connectivity index (χ2n) is 6.03. The first-order valence-electron chi connectivity index (χ1n) is 8.70. The van der Waals surface area contributed by atoms with Crippen molar-refractivity contribution in [2.45, 2.75) is 26.3 Å². The van der Waals surface area contributed by atoms with Gasteiger partial charge in [-0.1, -0.05) is 24.9 Å². The minimum Gasteiger partial charge on any atom is -0.493 e. The number of ether oxygens (including phenoxy) is 3. The zero-order chi connectivity index (χ0) is 20.3. The van der Waals surface area contributed by atoms with Gasteiger partial charge >= 0.3 is 0 Å². The van der Waals surface area contributed by atoms with Gasteiger partial charge < -0.3 is 24.5 Å². The molecule has 0 radical (unpaired) electrons. The van der Waals surface area contributed by atoms with Crippen molar-refractivity contribution < 1.29 is 14.2 Å². The molecule has 0 aliphatic carbocycles. The summed E-state index contributed by atoms with van der Waals surface area (Å²) in [7, 11) is 3.19. The first-order valence-corrected chi connectivity index (χ1v) is 9.87. The summed E-state index contributed by atoms with van der Waals surface area (Å²) >= 11 is 9.74. The number of hydrogen-bond donors (Lipinski definition) is 1. The fourth-order valence-electron chi connectivity index (χ4n) is 2.77. The third-order valence-corrected chi connectivity index (χ3v) is 5.30. The van der Waals surface area contributed by atoms with Gasteiger partial charge in [-0.25, -0.2) is 4.98 Å². The number of rotatable bonds is 8. The molecule has 0 bridgehead atoms. The molecule has 0 saturated carbocycles. The summed E-state index contributed by atoms with van der Waals surface area (Å²) in [5.74, 6) is 1.82. The number of halogens is 2. The lowest BCUT2D eigenvalue weighted by molar-refractivity contribution is 0.269. The van der Waals surface area contributed by atoms with Crippen LogP contribution < -0.4 is 19.9 Å². The maximum atomic E-state index is 6.11. The van der Waals surface area contributed by atoms with E-state index in [9.17, 15) is 0 Å². The van der Waals surface area contributed by atoms with Crippen molar-refractivity contribution in [2.75, 3.05) is 26.6 Å². The second-order valence-corrected chi connectivity index (χ2v) is 7.18. The maximum Gasteiger partial charge on any atom is 0.223 e. The van der Waals surface area contributed by atoms with Crippen LogP contribution in [0.25, 0.3) is 11.2 Å². The summed E-state index contributed by atoms with van der Waals surface area (Å²) in [4.78, 5) is 12.5. The lowest BCUT2D eigenvalue weighted by atomic mass is 10.1. The van der Waals surface area contributed by atoms with Gasteiger partial charge in [0.15, 0.2) is 22.3 Å². The van der Waals surface area contributed by atoms with Gasteiger partial charge in [0.25, 0.3) is 0 Å². The van der Waals surface area contributed by atoms with Crippen molar-refractivity contribution in [3.63, 3.8) is 0 Å². The highest BCUT2D eigenvalue weighted by Crippen LogP contribution is 2.45. The van der Waals surface area contributed by atoms with Gasteiger partial charge in [-0.3, -0.25) is 0 Å². The number of aromatic nitrogens is 4. The van der Waals surface area contributed by atoms with Crippen LogP contribution in [-0.2, 0) is 6.54 Å². The van der Waals surface area contributed by atoms with Crippen molar-refractivity contribution in [1.82, 2.24) is 19.5 Å². The lowest BCUT2D eigenvalue weighted by Gasteiger charge is -2.18. The van der Waals surface area contributed by atoms with E-state index in [1.165, 1.54) is 0 Å². The molecule has 28 heavy (non-hydrogen) atoms. The van der Waals surface area contributed by atoms with Crippen LogP contribution in [0.3, 0.4) is 0 Å². The Morgan fingerprint density at radius 1 is 1.21 bits per heavy atom. The van der Waals surface area contributed by atoms with E-state index in [-0.39, 0.29) is 11.1 Å². The highest BCUT2D eigenvalue weighted by Gasteiger charge is 2.21. The normalized spacial score (nSPS) is 11.0. The van der Waals surface area contributed by atoms with Crippen molar-refractivity contribution in [1.29, 1.82) is 0 Å². The Balaban J connectivity index is 2.03. The van der Waals surface area contributed by atoms with E-state index in [0.29, 0.717) is 41.6 Å². The van der Waals surface area contributed by atoms with Gasteiger partial charge in [-0.2, -0.15) is 9.97 Å². The molecule has 0 unspecified atom stereocenters. The van der Waals surface area contributed by atoms with E-state index in [1.807, 2.05) is 10.6 Å². The molecule has 2 aromatic heterocycles. The highest BCUT2D eigenvalue weighted by atomic mass is 79.9. The van der Waals surface area contributed by atoms with Gasteiger partial charge in [0.2, 0.25) is 11.7 Å². The molecule has 2 N–H and O–H groups in total. The highest BCUT2D eigenvalue weighted by molar-refractivity contribution is 9.10. The van der Waals surface area contributed by atoms with Crippen molar-refractivity contribution >= 4 is 44.6 Å². The molecule has 150 valence electrons. The van der Waals surface area contributed by atoms with E-state index in [0.717, 1.165) is 22.9 Å². The second kappa shape index (κ2) is 8.83. The Morgan fingerprint density at radius 2 is 2.00 bits per heavy atom. The number of nitrogens with two attached hydrogens (primary N) is 1. The minimum absolute atomic E-state index is 0.0909. The predicted octanol–water partition coefficient (Wildman–Crippen LogP) is 4.07. The molecule has 0 saturated heterocycles. The number of unbranched alkanes of at least 4 members (excludes halogenated alkanes) is 1. The van der Waals surface area contributed by atoms with Gasteiger partial charge in [0.05, 0.1) is 38.2 Å². The molecule has 1 aromatic carbocycles. The van der Waals surface area contributed by atoms with Gasteiger partial charge in [-0.05, 0) is 34.0 Å². The maximum absolute atomic E-state index is 6.11. The topological polar surface area (TPSA) is 97.3 Å². The summed E-state index contributed by atoms with van der Waals surface area (Å²) in [5.41, 5.74) is 7.66. The minimum atomic E-state index is 0.0909. The average molecular weight is 471 g/mol. The summed E-state index contributed by atoms with van der Waals surface area (Å²) in [6, 6.07) is 1.89. The molecule has 0 aliphatic heterocycles. The number of imidazole rings is 1. The first kappa shape index (κ1) is 20.5. The van der Waals surface area contributed by atoms with Crippen LogP contribution in [0.5, 0.6) is 17.2 Å². The van der Waals surface area contributed by atoms with Crippen molar-refractivity contribution in [2.24, 2.45) is 0 Å². The summed E-state index contributed by atoms with van der Waals surface area (Å²) < 4.78 is 19.6. The lowest BCUT2D eigenvalue weighted by Crippen LogP contribution is -2.06. The van der Waals surface area contributed by atoms with Crippen LogP contribution in [0, 0.1) is 0 Å². The zero-order valence-electron chi connectivity index (χ0n) is 15.8. The molecule has 2 heterocycles. The quantitative estimate of drug-likeness (QED) is 0.391. The molecule has 0 spiro atoms. The molecule has 3 rings (SSSR count). The fourth-order valence-corrected chi connectivity index (χ4v) is 3.58. The van der Waals surface area contributed by atoms with Gasteiger partial charge in [0, 0.05) is 0 Å². The molecule has 0 aliphatic rings. The smallest absolute Gasteiger partial charge is 0.223 e. The third-order valence-electron chi connectivity index (χ3n) is 4.16. The number of benzene rings is 1. The molecular formula is C18H21BrClN5O3. The van der Waals surface area contributed by atoms with Crippen LogP contribution in [0.1, 0.15) is 25.3 Å². The van der Waals surface area contributed by atoms with Crippen LogP contribution in [0.4, 0.5) is 5.95 Å². The van der Waals surface area contributed by atoms with Crippen LogP contribution >= 0.6 is 27.5 Å². The van der Waals surface area contributed by atoms with Gasteiger partial charge in [0.1, 0.15) is 5.52 Å². The summed E-state index contributed by atoms with van der Waals surface area (Å²) in [6.07, 6.45) is 3.61. The Bertz CT molecular complexity index is 995.